The summed E-state index contributed by atoms with van der Waals surface area (Å²) in [7, 11) is 0. The molecule has 0 fully saturated rings. The zero-order valence-electron chi connectivity index (χ0n) is 19.2. The van der Waals surface area contributed by atoms with Gasteiger partial charge in [-0.25, -0.2) is 19.3 Å². The Morgan fingerprint density at radius 1 is 0.611 bits per heavy atom. The van der Waals surface area contributed by atoms with E-state index in [4.69, 9.17) is 5.73 Å². The van der Waals surface area contributed by atoms with Crippen LogP contribution in [0.5, 0.6) is 0 Å². The summed E-state index contributed by atoms with van der Waals surface area (Å²) >= 11 is 0. The van der Waals surface area contributed by atoms with Crippen molar-refractivity contribution in [3.63, 3.8) is 0 Å². The van der Waals surface area contributed by atoms with Crippen molar-refractivity contribution in [2.24, 2.45) is 0 Å². The topological polar surface area (TPSA) is 100 Å². The van der Waals surface area contributed by atoms with Crippen LogP contribution in [-0.2, 0) is 19.8 Å². The third-order valence-corrected chi connectivity index (χ3v) is 4.54. The number of nitrogens with two attached hydrogens (primary N) is 1. The zero-order chi connectivity index (χ0) is 24.1. The summed E-state index contributed by atoms with van der Waals surface area (Å²) in [4.78, 5) is 12.4. The predicted octanol–water partition coefficient (Wildman–Crippen LogP) is 4.66. The van der Waals surface area contributed by atoms with Crippen molar-refractivity contribution in [3.05, 3.63) is 134 Å². The molecule has 0 aliphatic heterocycles. The number of nitrogen functional groups attached to an aromatic ring is 1. The molecule has 0 amide bonds. The summed E-state index contributed by atoms with van der Waals surface area (Å²) in [5.41, 5.74) is 8.21. The monoisotopic (exact) mass is 651 g/mol. The second-order valence-electron chi connectivity index (χ2n) is 7.03. The smallest absolute Gasteiger partial charge is 0.414 e. The molecule has 1 radical (unpaired) electrons. The van der Waals surface area contributed by atoms with Crippen LogP contribution < -0.4 is 5.73 Å². The van der Waals surface area contributed by atoms with E-state index in [1.807, 2.05) is 91.3 Å². The predicted molar refractivity (Wildman–Crippen MR) is 136 cm³/mol. The van der Waals surface area contributed by atoms with Crippen molar-refractivity contribution in [1.29, 1.82) is 0 Å². The molecular weight excluding hydrogens is 627 g/mol. The third-order valence-electron chi connectivity index (χ3n) is 4.54. The molecule has 6 aromatic rings. The van der Waals surface area contributed by atoms with Gasteiger partial charge in [-0.2, -0.15) is 10.2 Å². The summed E-state index contributed by atoms with van der Waals surface area (Å²) in [5.74, 6) is 1.69. The Kier molecular flexibility index (Phi) is 10.2. The first kappa shape index (κ1) is 26.1. The molecule has 0 atom stereocenters. The van der Waals surface area contributed by atoms with Crippen LogP contribution in [0.3, 0.4) is 0 Å². The molecule has 5 heterocycles. The minimum absolute atomic E-state index is 0. The van der Waals surface area contributed by atoms with Gasteiger partial charge in [-0.1, -0.05) is 30.0 Å². The summed E-state index contributed by atoms with van der Waals surface area (Å²) in [6, 6.07) is 29.5. The zero-order valence-corrected chi connectivity index (χ0v) is 21.7. The number of pyridine rings is 3. The first-order valence-electron chi connectivity index (χ1n) is 10.8. The molecule has 9 heteroatoms. The molecule has 0 aliphatic carbocycles. The molecule has 0 unspecified atom stereocenters. The van der Waals surface area contributed by atoms with E-state index >= 15 is 0 Å². The summed E-state index contributed by atoms with van der Waals surface area (Å²) in [6.07, 6.45) is 12.4. The van der Waals surface area contributed by atoms with Gasteiger partial charge in [-0.3, -0.25) is 0 Å². The van der Waals surface area contributed by atoms with Crippen molar-refractivity contribution in [1.82, 2.24) is 34.5 Å². The van der Waals surface area contributed by atoms with E-state index in [2.05, 4.69) is 31.2 Å². The van der Waals surface area contributed by atoms with Gasteiger partial charge in [-0.05, 0) is 48.2 Å². The van der Waals surface area contributed by atoms with Crippen molar-refractivity contribution >= 4 is 5.69 Å². The molecule has 0 bridgehead atoms. The average molecular weight is 650 g/mol. The molecule has 2 N–H and O–H groups in total. The quantitative estimate of drug-likeness (QED) is 0.221. The fourth-order valence-electron chi connectivity index (χ4n) is 2.94. The molecule has 0 saturated carbocycles. The summed E-state index contributed by atoms with van der Waals surface area (Å²) in [6.45, 7) is 0. The molecule has 1 aromatic carbocycles. The molecule has 179 valence electrons. The molecule has 5 aromatic heterocycles. The largest absolute Gasteiger partial charge is 1.00 e. The van der Waals surface area contributed by atoms with E-state index in [0.29, 0.717) is 0 Å². The van der Waals surface area contributed by atoms with E-state index in [9.17, 15) is 0 Å². The van der Waals surface area contributed by atoms with Crippen LogP contribution in [0.15, 0.2) is 128 Å². The molecule has 0 aliphatic rings. The van der Waals surface area contributed by atoms with Crippen LogP contribution in [0, 0.1) is 6.07 Å². The van der Waals surface area contributed by atoms with Gasteiger partial charge in [0, 0.05) is 43.4 Å². The third kappa shape index (κ3) is 7.79. The van der Waals surface area contributed by atoms with Crippen LogP contribution in [-0.4, -0.2) is 34.5 Å². The Balaban J connectivity index is 0.000000149. The van der Waals surface area contributed by atoms with E-state index < -0.39 is 0 Å². The van der Waals surface area contributed by atoms with Crippen molar-refractivity contribution in [3.8, 4) is 22.9 Å². The first-order valence-corrected chi connectivity index (χ1v) is 10.8. The number of benzene rings is 1. The van der Waals surface area contributed by atoms with Gasteiger partial charge in [0.2, 0.25) is 0 Å². The number of hydrogen-bond acceptors (Lipinski definition) is 6. The van der Waals surface area contributed by atoms with Gasteiger partial charge in [0.1, 0.15) is 0 Å². The van der Waals surface area contributed by atoms with Gasteiger partial charge in [-0.15, -0.1) is 29.8 Å². The van der Waals surface area contributed by atoms with Crippen molar-refractivity contribution in [2.75, 3.05) is 5.73 Å². The van der Waals surface area contributed by atoms with Gasteiger partial charge >= 0.3 is 19.8 Å². The number of hydrogen-bond donors (Lipinski definition) is 1. The van der Waals surface area contributed by atoms with E-state index in [0.717, 1.165) is 28.6 Å². The second-order valence-corrected chi connectivity index (χ2v) is 7.03. The van der Waals surface area contributed by atoms with E-state index in [1.54, 1.807) is 46.4 Å². The van der Waals surface area contributed by atoms with Gasteiger partial charge in [0.15, 0.2) is 11.6 Å². The Labute approximate surface area is 222 Å². The molecule has 0 saturated heterocycles. The SMILES string of the molecule is Nc1cc[c-]c(-c2ccccn2)c1.[Os+].c1ccc(-n2cccn2)nc1.c1ccc(-n2cccn2)nc1. The standard InChI is InChI=1S/C11H9N2.2C8H7N3.Os/c12-10-5-3-4-9(8-10)11-6-1-2-7-13-11;2*1-2-5-9-8(4-1)11-7-3-6-10-11;/h1-3,5-8H,12H2;2*1-7H;/q-1;;;+1. The summed E-state index contributed by atoms with van der Waals surface area (Å²) in [5, 5.41) is 8.08. The molecule has 36 heavy (non-hydrogen) atoms. The Bertz CT molecular complexity index is 1310. The minimum atomic E-state index is 0. The van der Waals surface area contributed by atoms with Crippen LogP contribution in [0.1, 0.15) is 0 Å². The van der Waals surface area contributed by atoms with Gasteiger partial charge < -0.3 is 10.7 Å². The number of aromatic nitrogens is 7. The molecule has 8 nitrogen and oxygen atoms in total. The summed E-state index contributed by atoms with van der Waals surface area (Å²) < 4.78 is 3.44. The van der Waals surface area contributed by atoms with E-state index in [-0.39, 0.29) is 19.8 Å². The Morgan fingerprint density at radius 2 is 1.17 bits per heavy atom. The average Bonchev–Trinajstić information content (AvgIpc) is 3.66. The normalized spacial score (nSPS) is 9.56. The number of anilines is 1. The van der Waals surface area contributed by atoms with Gasteiger partial charge in [0.05, 0.1) is 0 Å². The van der Waals surface area contributed by atoms with E-state index in [1.165, 1.54) is 0 Å². The minimum Gasteiger partial charge on any atom is -0.414 e. The Hall–Kier alpha value is -4.47. The van der Waals surface area contributed by atoms with Crippen molar-refractivity contribution < 1.29 is 19.8 Å². The van der Waals surface area contributed by atoms with Crippen LogP contribution in [0.4, 0.5) is 5.69 Å². The maximum absolute atomic E-state index is 5.65. The maximum Gasteiger partial charge on any atom is 1.00 e. The van der Waals surface area contributed by atoms with Crippen LogP contribution in [0.2, 0.25) is 0 Å². The fraction of sp³-hybridized carbons (Fsp3) is 0. The van der Waals surface area contributed by atoms with Crippen molar-refractivity contribution in [2.45, 2.75) is 0 Å². The van der Waals surface area contributed by atoms with Crippen LogP contribution >= 0.6 is 0 Å². The molecule has 6 rings (SSSR count). The maximum atomic E-state index is 5.65. The van der Waals surface area contributed by atoms with Gasteiger partial charge in [0.25, 0.3) is 0 Å². The second kappa shape index (κ2) is 14.0. The fourth-order valence-corrected chi connectivity index (χ4v) is 2.94. The first-order chi connectivity index (χ1) is 17.3. The Morgan fingerprint density at radius 3 is 1.58 bits per heavy atom. The number of nitrogens with zero attached hydrogens (tertiary/aromatic N) is 7. The molecule has 0 spiro atoms. The molecular formula is C27H23N8Os. The number of rotatable bonds is 3. The van der Waals surface area contributed by atoms with Crippen LogP contribution in [0.25, 0.3) is 22.9 Å².